The second-order valence-corrected chi connectivity index (χ2v) is 4.06. The molecular weight excluding hydrogens is 196 g/mol. The van der Waals surface area contributed by atoms with E-state index in [1.807, 2.05) is 0 Å². The third kappa shape index (κ3) is 3.35. The molecular formula is C10H18N2O3. The van der Waals surface area contributed by atoms with Gasteiger partial charge in [-0.2, -0.15) is 0 Å². The summed E-state index contributed by atoms with van der Waals surface area (Å²) in [4.78, 5) is 11.5. The minimum atomic E-state index is -0.0719. The van der Waals surface area contributed by atoms with Crippen LogP contribution in [-0.2, 0) is 9.47 Å². The van der Waals surface area contributed by atoms with Crippen LogP contribution in [-0.4, -0.2) is 44.5 Å². The van der Waals surface area contributed by atoms with Crippen molar-refractivity contribution in [1.82, 2.24) is 10.6 Å². The number of hydrogen-bond acceptors (Lipinski definition) is 3. The molecule has 1 atom stereocenters. The lowest BCUT2D eigenvalue weighted by Crippen LogP contribution is -2.48. The molecule has 0 saturated carbocycles. The Labute approximate surface area is 89.5 Å². The number of carbonyl (C=O) groups excluding carboxylic acids is 1. The summed E-state index contributed by atoms with van der Waals surface area (Å²) in [6.45, 7) is 2.89. The number of rotatable bonds is 2. The van der Waals surface area contributed by atoms with Gasteiger partial charge in [0.25, 0.3) is 0 Å². The Morgan fingerprint density at radius 2 is 1.53 bits per heavy atom. The van der Waals surface area contributed by atoms with Crippen molar-refractivity contribution in [2.75, 3.05) is 26.4 Å². The van der Waals surface area contributed by atoms with Crippen molar-refractivity contribution in [2.24, 2.45) is 0 Å². The maximum Gasteiger partial charge on any atom is 0.315 e. The first-order valence-corrected chi connectivity index (χ1v) is 5.57. The van der Waals surface area contributed by atoms with Crippen LogP contribution in [0.4, 0.5) is 4.79 Å². The Balaban J connectivity index is 1.66. The molecule has 2 rings (SSSR count). The zero-order valence-corrected chi connectivity index (χ0v) is 8.83. The molecule has 1 unspecified atom stereocenters. The minimum Gasteiger partial charge on any atom is -0.381 e. The number of nitrogens with one attached hydrogen (secondary N) is 2. The first kappa shape index (κ1) is 10.7. The van der Waals surface area contributed by atoms with Crippen LogP contribution < -0.4 is 10.6 Å². The van der Waals surface area contributed by atoms with Crippen LogP contribution in [0, 0.1) is 0 Å². The summed E-state index contributed by atoms with van der Waals surface area (Å²) in [7, 11) is 0. The average Bonchev–Trinajstić information content (AvgIpc) is 2.71. The van der Waals surface area contributed by atoms with Gasteiger partial charge < -0.3 is 20.1 Å². The van der Waals surface area contributed by atoms with E-state index in [2.05, 4.69) is 10.6 Å². The number of amides is 2. The van der Waals surface area contributed by atoms with Crippen LogP contribution in [0.15, 0.2) is 0 Å². The largest absolute Gasteiger partial charge is 0.381 e. The first-order chi connectivity index (χ1) is 7.34. The molecule has 0 aromatic carbocycles. The van der Waals surface area contributed by atoms with Gasteiger partial charge in [-0.1, -0.05) is 0 Å². The SMILES string of the molecule is O=C(NC1CCOCC1)NC1CCOC1. The van der Waals surface area contributed by atoms with Gasteiger partial charge in [-0.25, -0.2) is 4.79 Å². The van der Waals surface area contributed by atoms with Crippen LogP contribution in [0.3, 0.4) is 0 Å². The lowest BCUT2D eigenvalue weighted by Gasteiger charge is -2.24. The van der Waals surface area contributed by atoms with Crippen molar-refractivity contribution < 1.29 is 14.3 Å². The van der Waals surface area contributed by atoms with E-state index >= 15 is 0 Å². The maximum atomic E-state index is 11.5. The highest BCUT2D eigenvalue weighted by atomic mass is 16.5. The van der Waals surface area contributed by atoms with Gasteiger partial charge in [0.1, 0.15) is 0 Å². The summed E-state index contributed by atoms with van der Waals surface area (Å²) >= 11 is 0. The van der Waals surface area contributed by atoms with E-state index in [-0.39, 0.29) is 18.1 Å². The molecule has 0 bridgehead atoms. The molecule has 2 saturated heterocycles. The van der Waals surface area contributed by atoms with Crippen LogP contribution in [0.1, 0.15) is 19.3 Å². The third-order valence-corrected chi connectivity index (χ3v) is 2.82. The lowest BCUT2D eigenvalue weighted by molar-refractivity contribution is 0.0799. The lowest BCUT2D eigenvalue weighted by atomic mass is 10.1. The normalized spacial score (nSPS) is 27.6. The summed E-state index contributed by atoms with van der Waals surface area (Å²) < 4.78 is 10.4. The molecule has 2 amide bonds. The molecule has 15 heavy (non-hydrogen) atoms. The van der Waals surface area contributed by atoms with Crippen molar-refractivity contribution in [2.45, 2.75) is 31.3 Å². The van der Waals surface area contributed by atoms with E-state index in [1.165, 1.54) is 0 Å². The molecule has 0 aromatic heterocycles. The van der Waals surface area contributed by atoms with Crippen LogP contribution in [0.25, 0.3) is 0 Å². The molecule has 0 spiro atoms. The fourth-order valence-corrected chi connectivity index (χ4v) is 1.90. The minimum absolute atomic E-state index is 0.0719. The van der Waals surface area contributed by atoms with Gasteiger partial charge in [0, 0.05) is 25.9 Å². The van der Waals surface area contributed by atoms with Gasteiger partial charge in [-0.3, -0.25) is 0 Å². The molecule has 2 N–H and O–H groups in total. The van der Waals surface area contributed by atoms with Gasteiger partial charge in [0.2, 0.25) is 0 Å². The Bertz CT molecular complexity index is 211. The number of hydrogen-bond donors (Lipinski definition) is 2. The molecule has 2 aliphatic rings. The zero-order valence-electron chi connectivity index (χ0n) is 8.83. The topological polar surface area (TPSA) is 59.6 Å². The average molecular weight is 214 g/mol. The van der Waals surface area contributed by atoms with Crippen LogP contribution in [0.2, 0.25) is 0 Å². The van der Waals surface area contributed by atoms with Crippen molar-refractivity contribution >= 4 is 6.03 Å². The van der Waals surface area contributed by atoms with Gasteiger partial charge in [-0.15, -0.1) is 0 Å². The Kier molecular flexibility index (Phi) is 3.80. The van der Waals surface area contributed by atoms with Crippen molar-refractivity contribution in [3.05, 3.63) is 0 Å². The number of ether oxygens (including phenoxy) is 2. The van der Waals surface area contributed by atoms with Gasteiger partial charge in [-0.05, 0) is 19.3 Å². The van der Waals surface area contributed by atoms with E-state index < -0.39 is 0 Å². The van der Waals surface area contributed by atoms with E-state index in [9.17, 15) is 4.79 Å². The molecule has 86 valence electrons. The Morgan fingerprint density at radius 3 is 2.20 bits per heavy atom. The molecule has 5 nitrogen and oxygen atoms in total. The Morgan fingerprint density at radius 1 is 0.933 bits per heavy atom. The molecule has 0 radical (unpaired) electrons. The second kappa shape index (κ2) is 5.32. The highest BCUT2D eigenvalue weighted by Gasteiger charge is 2.20. The maximum absolute atomic E-state index is 11.5. The fourth-order valence-electron chi connectivity index (χ4n) is 1.90. The van der Waals surface area contributed by atoms with E-state index in [4.69, 9.17) is 9.47 Å². The van der Waals surface area contributed by atoms with Gasteiger partial charge >= 0.3 is 6.03 Å². The molecule has 2 fully saturated rings. The number of urea groups is 1. The number of carbonyl (C=O) groups is 1. The molecule has 2 aliphatic heterocycles. The highest BCUT2D eigenvalue weighted by Crippen LogP contribution is 2.07. The molecule has 0 aromatic rings. The van der Waals surface area contributed by atoms with E-state index in [0.29, 0.717) is 6.61 Å². The second-order valence-electron chi connectivity index (χ2n) is 4.06. The fraction of sp³-hybridized carbons (Fsp3) is 0.900. The van der Waals surface area contributed by atoms with Crippen LogP contribution in [0.5, 0.6) is 0 Å². The third-order valence-electron chi connectivity index (χ3n) is 2.82. The standard InChI is InChI=1S/C10H18N2O3/c13-10(12-9-3-6-15-7-9)11-8-1-4-14-5-2-8/h8-9H,1-7H2,(H2,11,12,13). The summed E-state index contributed by atoms with van der Waals surface area (Å²) in [6, 6.07) is 0.378. The van der Waals surface area contributed by atoms with Crippen LogP contribution >= 0.6 is 0 Å². The smallest absolute Gasteiger partial charge is 0.315 e. The highest BCUT2D eigenvalue weighted by molar-refractivity contribution is 5.74. The Hall–Kier alpha value is -0.810. The summed E-state index contributed by atoms with van der Waals surface area (Å²) in [5, 5.41) is 5.87. The van der Waals surface area contributed by atoms with E-state index in [0.717, 1.165) is 39.1 Å². The monoisotopic (exact) mass is 214 g/mol. The zero-order chi connectivity index (χ0) is 10.5. The van der Waals surface area contributed by atoms with Crippen molar-refractivity contribution in [3.63, 3.8) is 0 Å². The summed E-state index contributed by atoms with van der Waals surface area (Å²) in [5.74, 6) is 0. The van der Waals surface area contributed by atoms with E-state index in [1.54, 1.807) is 0 Å². The predicted octanol–water partition coefficient (Wildman–Crippen LogP) is 0.253. The molecule has 2 heterocycles. The van der Waals surface area contributed by atoms with Gasteiger partial charge in [0.05, 0.1) is 12.6 Å². The summed E-state index contributed by atoms with van der Waals surface area (Å²) in [5.41, 5.74) is 0. The van der Waals surface area contributed by atoms with Gasteiger partial charge in [0.15, 0.2) is 0 Å². The summed E-state index contributed by atoms with van der Waals surface area (Å²) in [6.07, 6.45) is 2.74. The molecule has 5 heteroatoms. The first-order valence-electron chi connectivity index (χ1n) is 5.57. The quantitative estimate of drug-likeness (QED) is 0.693. The van der Waals surface area contributed by atoms with Crippen molar-refractivity contribution in [3.8, 4) is 0 Å². The predicted molar refractivity (Wildman–Crippen MR) is 54.7 cm³/mol. The van der Waals surface area contributed by atoms with Crippen molar-refractivity contribution in [1.29, 1.82) is 0 Å². The molecule has 0 aliphatic carbocycles.